The molecule has 0 spiro atoms. The molecule has 0 aromatic carbocycles. The Labute approximate surface area is 76.3 Å². The SMILES string of the molecule is CN1C(=O)COCC1CCC(=O)O. The zero-order chi connectivity index (χ0) is 9.84. The highest BCUT2D eigenvalue weighted by Crippen LogP contribution is 2.10. The number of hydrogen-bond acceptors (Lipinski definition) is 3. The van der Waals surface area contributed by atoms with Crippen LogP contribution < -0.4 is 0 Å². The number of carboxylic acids is 1. The molecule has 1 atom stereocenters. The molecule has 0 radical (unpaired) electrons. The topological polar surface area (TPSA) is 66.8 Å². The van der Waals surface area contributed by atoms with E-state index in [2.05, 4.69) is 0 Å². The molecule has 1 N–H and O–H groups in total. The minimum absolute atomic E-state index is 0.0750. The molecule has 1 saturated heterocycles. The maximum atomic E-state index is 11.1. The number of carboxylic acid groups (broad SMARTS) is 1. The van der Waals surface area contributed by atoms with Gasteiger partial charge in [0, 0.05) is 13.5 Å². The lowest BCUT2D eigenvalue weighted by Gasteiger charge is -2.31. The van der Waals surface area contributed by atoms with Crippen LogP contribution in [0.4, 0.5) is 0 Å². The molecule has 13 heavy (non-hydrogen) atoms. The van der Waals surface area contributed by atoms with Crippen LogP contribution in [0.15, 0.2) is 0 Å². The summed E-state index contributed by atoms with van der Waals surface area (Å²) in [6, 6.07) is -0.0858. The highest BCUT2D eigenvalue weighted by Gasteiger charge is 2.25. The van der Waals surface area contributed by atoms with Crippen molar-refractivity contribution in [3.63, 3.8) is 0 Å². The minimum atomic E-state index is -0.841. The maximum absolute atomic E-state index is 11.1. The average molecular weight is 187 g/mol. The van der Waals surface area contributed by atoms with Gasteiger partial charge in [0.2, 0.25) is 5.91 Å². The largest absolute Gasteiger partial charge is 0.481 e. The third kappa shape index (κ3) is 2.69. The summed E-state index contributed by atoms with van der Waals surface area (Å²) in [7, 11) is 1.68. The van der Waals surface area contributed by atoms with E-state index in [1.165, 1.54) is 0 Å². The van der Waals surface area contributed by atoms with Gasteiger partial charge in [0.25, 0.3) is 0 Å². The highest BCUT2D eigenvalue weighted by atomic mass is 16.5. The first kappa shape index (κ1) is 9.98. The van der Waals surface area contributed by atoms with Crippen molar-refractivity contribution < 1.29 is 19.4 Å². The van der Waals surface area contributed by atoms with Crippen LogP contribution in [0.2, 0.25) is 0 Å². The molecular formula is C8H13NO4. The number of morpholine rings is 1. The minimum Gasteiger partial charge on any atom is -0.481 e. The van der Waals surface area contributed by atoms with E-state index in [0.29, 0.717) is 13.0 Å². The number of carbonyl (C=O) groups is 2. The van der Waals surface area contributed by atoms with Crippen LogP contribution in [-0.2, 0) is 14.3 Å². The standard InChI is InChI=1S/C8H13NO4/c1-9-6(2-3-8(11)12)4-13-5-7(9)10/h6H,2-5H2,1H3,(H,11,12). The average Bonchev–Trinajstić information content (AvgIpc) is 2.07. The first-order valence-corrected chi connectivity index (χ1v) is 4.16. The molecule has 1 heterocycles. The number of ether oxygens (including phenoxy) is 1. The number of nitrogens with zero attached hydrogens (tertiary/aromatic N) is 1. The van der Waals surface area contributed by atoms with Crippen molar-refractivity contribution in [2.24, 2.45) is 0 Å². The molecule has 5 nitrogen and oxygen atoms in total. The Morgan fingerprint density at radius 2 is 2.46 bits per heavy atom. The zero-order valence-corrected chi connectivity index (χ0v) is 7.52. The van der Waals surface area contributed by atoms with Gasteiger partial charge in [-0.25, -0.2) is 0 Å². The smallest absolute Gasteiger partial charge is 0.303 e. The third-order valence-corrected chi connectivity index (χ3v) is 2.17. The van der Waals surface area contributed by atoms with E-state index in [9.17, 15) is 9.59 Å². The van der Waals surface area contributed by atoms with E-state index in [1.807, 2.05) is 0 Å². The van der Waals surface area contributed by atoms with Gasteiger partial charge in [0.15, 0.2) is 0 Å². The van der Waals surface area contributed by atoms with Crippen LogP contribution in [0, 0.1) is 0 Å². The van der Waals surface area contributed by atoms with Crippen LogP contribution in [0.3, 0.4) is 0 Å². The molecular weight excluding hydrogens is 174 g/mol. The van der Waals surface area contributed by atoms with Crippen LogP contribution >= 0.6 is 0 Å². The summed E-state index contributed by atoms with van der Waals surface area (Å²) in [6.07, 6.45) is 0.531. The fourth-order valence-electron chi connectivity index (χ4n) is 1.27. The summed E-state index contributed by atoms with van der Waals surface area (Å²) in [5.74, 6) is -0.923. The molecule has 1 aliphatic heterocycles. The Balaban J connectivity index is 2.39. The lowest BCUT2D eigenvalue weighted by atomic mass is 10.1. The number of amides is 1. The normalized spacial score (nSPS) is 23.3. The van der Waals surface area contributed by atoms with Crippen molar-refractivity contribution in [1.82, 2.24) is 4.90 Å². The highest BCUT2D eigenvalue weighted by molar-refractivity contribution is 5.78. The van der Waals surface area contributed by atoms with Crippen molar-refractivity contribution >= 4 is 11.9 Å². The van der Waals surface area contributed by atoms with E-state index in [-0.39, 0.29) is 25.0 Å². The van der Waals surface area contributed by atoms with E-state index in [4.69, 9.17) is 9.84 Å². The van der Waals surface area contributed by atoms with Crippen molar-refractivity contribution in [2.75, 3.05) is 20.3 Å². The monoisotopic (exact) mass is 187 g/mol. The van der Waals surface area contributed by atoms with Gasteiger partial charge < -0.3 is 14.7 Å². The predicted molar refractivity (Wildman–Crippen MR) is 44.2 cm³/mol. The number of aliphatic carboxylic acids is 1. The van der Waals surface area contributed by atoms with Crippen LogP contribution in [0.1, 0.15) is 12.8 Å². The van der Waals surface area contributed by atoms with Crippen molar-refractivity contribution in [2.45, 2.75) is 18.9 Å². The Hall–Kier alpha value is -1.10. The predicted octanol–water partition coefficient (Wildman–Crippen LogP) is -0.292. The van der Waals surface area contributed by atoms with Gasteiger partial charge in [-0.15, -0.1) is 0 Å². The molecule has 0 aromatic heterocycles. The molecule has 1 aliphatic rings. The van der Waals surface area contributed by atoms with Crippen LogP contribution in [0.5, 0.6) is 0 Å². The molecule has 1 rings (SSSR count). The van der Waals surface area contributed by atoms with Gasteiger partial charge >= 0.3 is 5.97 Å². The van der Waals surface area contributed by atoms with Gasteiger partial charge in [-0.3, -0.25) is 9.59 Å². The Morgan fingerprint density at radius 1 is 1.77 bits per heavy atom. The zero-order valence-electron chi connectivity index (χ0n) is 7.52. The lowest BCUT2D eigenvalue weighted by Crippen LogP contribution is -2.47. The number of carbonyl (C=O) groups excluding carboxylic acids is 1. The fourth-order valence-corrected chi connectivity index (χ4v) is 1.27. The first-order chi connectivity index (χ1) is 6.11. The van der Waals surface area contributed by atoms with Crippen molar-refractivity contribution in [1.29, 1.82) is 0 Å². The van der Waals surface area contributed by atoms with E-state index < -0.39 is 5.97 Å². The Morgan fingerprint density at radius 3 is 3.08 bits per heavy atom. The quantitative estimate of drug-likeness (QED) is 0.659. The van der Waals surface area contributed by atoms with E-state index >= 15 is 0 Å². The first-order valence-electron chi connectivity index (χ1n) is 4.16. The second-order valence-corrected chi connectivity index (χ2v) is 3.11. The van der Waals surface area contributed by atoms with Crippen LogP contribution in [0.25, 0.3) is 0 Å². The summed E-state index contributed by atoms with van der Waals surface area (Å²) in [5, 5.41) is 8.45. The molecule has 0 saturated carbocycles. The van der Waals surface area contributed by atoms with E-state index in [1.54, 1.807) is 11.9 Å². The molecule has 74 valence electrons. The van der Waals surface area contributed by atoms with Crippen LogP contribution in [-0.4, -0.2) is 48.2 Å². The third-order valence-electron chi connectivity index (χ3n) is 2.17. The lowest BCUT2D eigenvalue weighted by molar-refractivity contribution is -0.147. The molecule has 5 heteroatoms. The van der Waals surface area contributed by atoms with Gasteiger partial charge in [-0.05, 0) is 6.42 Å². The Bertz CT molecular complexity index is 216. The molecule has 1 amide bonds. The molecule has 1 unspecified atom stereocenters. The maximum Gasteiger partial charge on any atom is 0.303 e. The second-order valence-electron chi connectivity index (χ2n) is 3.11. The number of likely N-dealkylation sites (N-methyl/N-ethyl adjacent to an activating group) is 1. The summed E-state index contributed by atoms with van der Waals surface area (Å²) in [4.78, 5) is 23.0. The molecule has 0 aliphatic carbocycles. The molecule has 0 aromatic rings. The summed E-state index contributed by atoms with van der Waals surface area (Å²) in [5.41, 5.74) is 0. The van der Waals surface area contributed by atoms with Crippen molar-refractivity contribution in [3.8, 4) is 0 Å². The summed E-state index contributed by atoms with van der Waals surface area (Å²) >= 11 is 0. The number of rotatable bonds is 3. The van der Waals surface area contributed by atoms with E-state index in [0.717, 1.165) is 0 Å². The summed E-state index contributed by atoms with van der Waals surface area (Å²) in [6.45, 7) is 0.551. The molecule has 0 bridgehead atoms. The fraction of sp³-hybridized carbons (Fsp3) is 0.750. The second kappa shape index (κ2) is 4.23. The van der Waals surface area contributed by atoms with Gasteiger partial charge in [-0.1, -0.05) is 0 Å². The van der Waals surface area contributed by atoms with Gasteiger partial charge in [0.05, 0.1) is 12.6 Å². The summed E-state index contributed by atoms with van der Waals surface area (Å²) < 4.78 is 5.01. The number of hydrogen-bond donors (Lipinski definition) is 1. The Kier molecular flexibility index (Phi) is 3.25. The molecule has 1 fully saturated rings. The van der Waals surface area contributed by atoms with Gasteiger partial charge in [-0.2, -0.15) is 0 Å². The van der Waals surface area contributed by atoms with Crippen molar-refractivity contribution in [3.05, 3.63) is 0 Å². The van der Waals surface area contributed by atoms with Gasteiger partial charge in [0.1, 0.15) is 6.61 Å².